The average Bonchev–Trinajstić information content (AvgIpc) is 2.33. The largest absolute Gasteiger partial charge is 0.346 e. The molecule has 1 atom stereocenters. The molecule has 16 heavy (non-hydrogen) atoms. The van der Waals surface area contributed by atoms with Crippen molar-refractivity contribution >= 4 is 11.7 Å². The average molecular weight is 217 g/mol. The number of ketones is 1. The van der Waals surface area contributed by atoms with E-state index >= 15 is 0 Å². The highest BCUT2D eigenvalue weighted by molar-refractivity contribution is 6.03. The molecule has 1 amide bonds. The molecule has 1 aromatic rings. The Morgan fingerprint density at radius 3 is 2.94 bits per heavy atom. The summed E-state index contributed by atoms with van der Waals surface area (Å²) in [5.74, 6) is -0.0126. The van der Waals surface area contributed by atoms with Gasteiger partial charge >= 0.3 is 0 Å². The SMILES string of the molecule is CCC(=O)N[C@@H]1CCc2ccccc2C1=O. The van der Waals surface area contributed by atoms with Crippen molar-refractivity contribution in [3.05, 3.63) is 35.4 Å². The number of hydrogen-bond acceptors (Lipinski definition) is 2. The predicted molar refractivity (Wildman–Crippen MR) is 61.3 cm³/mol. The molecule has 3 heteroatoms. The molecule has 0 spiro atoms. The van der Waals surface area contributed by atoms with Crippen LogP contribution in [0.2, 0.25) is 0 Å². The van der Waals surface area contributed by atoms with Crippen LogP contribution < -0.4 is 5.32 Å². The van der Waals surface area contributed by atoms with Gasteiger partial charge in [-0.05, 0) is 18.4 Å². The van der Waals surface area contributed by atoms with E-state index in [1.165, 1.54) is 0 Å². The fourth-order valence-electron chi connectivity index (χ4n) is 2.03. The van der Waals surface area contributed by atoms with Crippen LogP contribution in [0, 0.1) is 0 Å². The van der Waals surface area contributed by atoms with Crippen LogP contribution in [0.3, 0.4) is 0 Å². The maximum absolute atomic E-state index is 12.1. The van der Waals surface area contributed by atoms with Gasteiger partial charge in [0, 0.05) is 12.0 Å². The van der Waals surface area contributed by atoms with Crippen LogP contribution >= 0.6 is 0 Å². The third-order valence-corrected chi connectivity index (χ3v) is 2.96. The Kier molecular flexibility index (Phi) is 3.04. The van der Waals surface area contributed by atoms with Gasteiger partial charge in [0.1, 0.15) is 0 Å². The van der Waals surface area contributed by atoms with Gasteiger partial charge < -0.3 is 5.32 Å². The number of amides is 1. The second-order valence-electron chi connectivity index (χ2n) is 4.03. The molecule has 0 radical (unpaired) electrons. The van der Waals surface area contributed by atoms with E-state index in [1.807, 2.05) is 24.3 Å². The Labute approximate surface area is 94.9 Å². The Morgan fingerprint density at radius 1 is 1.44 bits per heavy atom. The van der Waals surface area contributed by atoms with E-state index in [2.05, 4.69) is 5.32 Å². The number of nitrogens with one attached hydrogen (secondary N) is 1. The summed E-state index contributed by atoms with van der Waals surface area (Å²) in [4.78, 5) is 23.3. The zero-order valence-corrected chi connectivity index (χ0v) is 9.32. The highest BCUT2D eigenvalue weighted by Gasteiger charge is 2.27. The predicted octanol–water partition coefficient (Wildman–Crippen LogP) is 1.71. The summed E-state index contributed by atoms with van der Waals surface area (Å²) in [5.41, 5.74) is 1.85. The first kappa shape index (κ1) is 10.9. The maximum atomic E-state index is 12.1. The molecule has 0 unspecified atom stereocenters. The lowest BCUT2D eigenvalue weighted by Crippen LogP contribution is -2.43. The van der Waals surface area contributed by atoms with Crippen molar-refractivity contribution in [2.24, 2.45) is 0 Å². The lowest BCUT2D eigenvalue weighted by Gasteiger charge is -2.23. The molecule has 2 rings (SSSR count). The van der Waals surface area contributed by atoms with Crippen LogP contribution in [-0.2, 0) is 11.2 Å². The van der Waals surface area contributed by atoms with E-state index < -0.39 is 0 Å². The summed E-state index contributed by atoms with van der Waals surface area (Å²) in [6, 6.07) is 7.28. The minimum Gasteiger partial charge on any atom is -0.346 e. The third-order valence-electron chi connectivity index (χ3n) is 2.96. The summed E-state index contributed by atoms with van der Waals surface area (Å²) in [6.07, 6.45) is 1.99. The van der Waals surface area contributed by atoms with Crippen molar-refractivity contribution in [2.75, 3.05) is 0 Å². The van der Waals surface area contributed by atoms with E-state index in [0.717, 1.165) is 17.5 Å². The van der Waals surface area contributed by atoms with Gasteiger partial charge in [0.25, 0.3) is 0 Å². The van der Waals surface area contributed by atoms with Crippen LogP contribution in [0.4, 0.5) is 0 Å². The molecule has 0 saturated heterocycles. The van der Waals surface area contributed by atoms with Gasteiger partial charge in [-0.15, -0.1) is 0 Å². The van der Waals surface area contributed by atoms with Crippen molar-refractivity contribution in [1.82, 2.24) is 5.32 Å². The summed E-state index contributed by atoms with van der Waals surface area (Å²) in [5, 5.41) is 2.77. The number of benzene rings is 1. The van der Waals surface area contributed by atoms with Crippen molar-refractivity contribution in [2.45, 2.75) is 32.2 Å². The van der Waals surface area contributed by atoms with Crippen LogP contribution in [0.25, 0.3) is 0 Å². The number of carbonyl (C=O) groups is 2. The van der Waals surface area contributed by atoms with Crippen LogP contribution in [-0.4, -0.2) is 17.7 Å². The lowest BCUT2D eigenvalue weighted by atomic mass is 9.87. The Hall–Kier alpha value is -1.64. The van der Waals surface area contributed by atoms with Crippen molar-refractivity contribution in [3.8, 4) is 0 Å². The summed E-state index contributed by atoms with van der Waals surface area (Å²) in [7, 11) is 0. The lowest BCUT2D eigenvalue weighted by molar-refractivity contribution is -0.121. The molecule has 3 nitrogen and oxygen atoms in total. The first-order valence-corrected chi connectivity index (χ1v) is 5.64. The smallest absolute Gasteiger partial charge is 0.220 e. The van der Waals surface area contributed by atoms with E-state index in [1.54, 1.807) is 6.92 Å². The number of hydrogen-bond donors (Lipinski definition) is 1. The van der Waals surface area contributed by atoms with Crippen LogP contribution in [0.5, 0.6) is 0 Å². The molecule has 1 aliphatic rings. The van der Waals surface area contributed by atoms with Crippen molar-refractivity contribution in [3.63, 3.8) is 0 Å². The first-order valence-electron chi connectivity index (χ1n) is 5.64. The Morgan fingerprint density at radius 2 is 2.19 bits per heavy atom. The number of aryl methyl sites for hydroxylation is 1. The molecule has 1 aliphatic carbocycles. The standard InChI is InChI=1S/C13H15NO2/c1-2-12(15)14-11-8-7-9-5-3-4-6-10(9)13(11)16/h3-6,11H,2,7-8H2,1H3,(H,14,15)/t11-/m1/s1. The molecular weight excluding hydrogens is 202 g/mol. The fourth-order valence-corrected chi connectivity index (χ4v) is 2.03. The van der Waals surface area contributed by atoms with Crippen molar-refractivity contribution in [1.29, 1.82) is 0 Å². The zero-order chi connectivity index (χ0) is 11.5. The van der Waals surface area contributed by atoms with E-state index in [-0.39, 0.29) is 17.7 Å². The van der Waals surface area contributed by atoms with Crippen LogP contribution in [0.15, 0.2) is 24.3 Å². The molecular formula is C13H15NO2. The molecule has 0 fully saturated rings. The Balaban J connectivity index is 2.18. The van der Waals surface area contributed by atoms with Gasteiger partial charge in [-0.2, -0.15) is 0 Å². The van der Waals surface area contributed by atoms with E-state index in [9.17, 15) is 9.59 Å². The molecule has 0 bridgehead atoms. The molecule has 84 valence electrons. The molecule has 0 aromatic heterocycles. The number of Topliss-reactive ketones (excluding diaryl/α,β-unsaturated/α-hetero) is 1. The highest BCUT2D eigenvalue weighted by atomic mass is 16.2. The van der Waals surface area contributed by atoms with Gasteiger partial charge in [0.15, 0.2) is 5.78 Å². The highest BCUT2D eigenvalue weighted by Crippen LogP contribution is 2.21. The second kappa shape index (κ2) is 4.47. The molecule has 0 aliphatic heterocycles. The number of carbonyl (C=O) groups excluding carboxylic acids is 2. The van der Waals surface area contributed by atoms with Gasteiger partial charge in [-0.1, -0.05) is 31.2 Å². The molecule has 0 saturated carbocycles. The van der Waals surface area contributed by atoms with Crippen LogP contribution in [0.1, 0.15) is 35.7 Å². The van der Waals surface area contributed by atoms with Crippen molar-refractivity contribution < 1.29 is 9.59 Å². The van der Waals surface area contributed by atoms with Gasteiger partial charge in [0.2, 0.25) is 5.91 Å². The van der Waals surface area contributed by atoms with Gasteiger partial charge in [-0.25, -0.2) is 0 Å². The summed E-state index contributed by atoms with van der Waals surface area (Å²) in [6.45, 7) is 1.79. The fraction of sp³-hybridized carbons (Fsp3) is 0.385. The monoisotopic (exact) mass is 217 g/mol. The molecule has 1 aromatic carbocycles. The van der Waals surface area contributed by atoms with Gasteiger partial charge in [0.05, 0.1) is 6.04 Å². The molecule has 0 heterocycles. The summed E-state index contributed by atoms with van der Waals surface area (Å²) < 4.78 is 0. The van der Waals surface area contributed by atoms with E-state index in [4.69, 9.17) is 0 Å². The first-order chi connectivity index (χ1) is 7.72. The second-order valence-corrected chi connectivity index (χ2v) is 4.03. The van der Waals surface area contributed by atoms with E-state index in [0.29, 0.717) is 12.8 Å². The number of rotatable bonds is 2. The minimum atomic E-state index is -0.331. The minimum absolute atomic E-state index is 0.0450. The quantitative estimate of drug-likeness (QED) is 0.819. The number of fused-ring (bicyclic) bond motifs is 1. The zero-order valence-electron chi connectivity index (χ0n) is 9.32. The Bertz CT molecular complexity index is 426. The maximum Gasteiger partial charge on any atom is 0.220 e. The molecule has 1 N–H and O–H groups in total. The normalized spacial score (nSPS) is 19.1. The van der Waals surface area contributed by atoms with Gasteiger partial charge in [-0.3, -0.25) is 9.59 Å². The summed E-state index contributed by atoms with van der Waals surface area (Å²) >= 11 is 0. The topological polar surface area (TPSA) is 46.2 Å². The third kappa shape index (κ3) is 1.98.